The summed E-state index contributed by atoms with van der Waals surface area (Å²) in [6, 6.07) is 6.51. The van der Waals surface area contributed by atoms with Crippen molar-refractivity contribution in [3.63, 3.8) is 0 Å². The second-order valence-corrected chi connectivity index (χ2v) is 9.36. The summed E-state index contributed by atoms with van der Waals surface area (Å²) in [7, 11) is -2.49. The monoisotopic (exact) mass is 432 g/mol. The minimum Gasteiger partial charge on any atom is -0.329 e. The number of nitrogens with zero attached hydrogens (tertiary/aromatic N) is 4. The molecule has 2 atom stereocenters. The number of carbonyl (C=O) groups is 3. The van der Waals surface area contributed by atoms with Crippen LogP contribution in [0.5, 0.6) is 0 Å². The standard InChI is InChI=1S/C13H12N4O7S3/c1-7(25-26-9-4-2-8(3-5-9)15-16-14)13(20)24-17-11(18)6-10(12(17)19)27(21,22)23/h2-5,7,10H,6H2,1H3,(H,21,22,23). The number of amides is 2. The molecular formula is C13H12N4O7S3. The highest BCUT2D eigenvalue weighted by atomic mass is 33.1. The maximum absolute atomic E-state index is 12.0. The molecule has 0 saturated carbocycles. The Morgan fingerprint density at radius 1 is 1.41 bits per heavy atom. The Morgan fingerprint density at radius 2 is 2.04 bits per heavy atom. The van der Waals surface area contributed by atoms with Crippen LogP contribution in [0.3, 0.4) is 0 Å². The SMILES string of the molecule is CC(SSc1ccc(N=[N+]=[N-])cc1)C(=O)ON1C(=O)CC(S(=O)(=O)O)C1=O. The minimum absolute atomic E-state index is 0.0667. The van der Waals surface area contributed by atoms with E-state index in [0.717, 1.165) is 15.7 Å². The molecule has 1 aliphatic heterocycles. The van der Waals surface area contributed by atoms with Crippen molar-refractivity contribution in [1.29, 1.82) is 0 Å². The first-order valence-corrected chi connectivity index (χ1v) is 10.9. The van der Waals surface area contributed by atoms with Crippen LogP contribution >= 0.6 is 21.6 Å². The maximum Gasteiger partial charge on any atom is 0.346 e. The Labute approximate surface area is 161 Å². The van der Waals surface area contributed by atoms with Crippen molar-refractivity contribution in [3.8, 4) is 0 Å². The lowest BCUT2D eigenvalue weighted by Gasteiger charge is -2.16. The van der Waals surface area contributed by atoms with Gasteiger partial charge in [-0.05, 0) is 24.6 Å². The molecule has 1 saturated heterocycles. The van der Waals surface area contributed by atoms with Crippen LogP contribution in [0.15, 0.2) is 34.3 Å². The fourth-order valence-corrected chi connectivity index (χ4v) is 4.53. The number of hydrogen-bond donors (Lipinski definition) is 1. The molecule has 11 nitrogen and oxygen atoms in total. The van der Waals surface area contributed by atoms with Crippen molar-refractivity contribution < 1.29 is 32.2 Å². The van der Waals surface area contributed by atoms with Crippen molar-refractivity contribution >= 4 is 55.2 Å². The fraction of sp³-hybridized carbons (Fsp3) is 0.308. The molecule has 1 aromatic rings. The number of carbonyl (C=O) groups excluding carboxylic acids is 3. The Morgan fingerprint density at radius 3 is 2.56 bits per heavy atom. The third kappa shape index (κ3) is 5.37. The van der Waals surface area contributed by atoms with Gasteiger partial charge < -0.3 is 4.84 Å². The van der Waals surface area contributed by atoms with Gasteiger partial charge in [-0.15, -0.1) is 5.06 Å². The van der Waals surface area contributed by atoms with Gasteiger partial charge >= 0.3 is 5.97 Å². The van der Waals surface area contributed by atoms with E-state index in [1.165, 1.54) is 17.7 Å². The zero-order valence-corrected chi connectivity index (χ0v) is 16.0. The summed E-state index contributed by atoms with van der Waals surface area (Å²) < 4.78 is 31.0. The number of benzene rings is 1. The fourth-order valence-electron chi connectivity index (χ4n) is 1.86. The highest BCUT2D eigenvalue weighted by Gasteiger charge is 2.48. The molecular weight excluding hydrogens is 420 g/mol. The van der Waals surface area contributed by atoms with E-state index in [9.17, 15) is 22.8 Å². The van der Waals surface area contributed by atoms with E-state index in [0.29, 0.717) is 5.69 Å². The first-order chi connectivity index (χ1) is 12.6. The second-order valence-electron chi connectivity index (χ2n) is 5.15. The van der Waals surface area contributed by atoms with Crippen LogP contribution in [-0.4, -0.2) is 46.3 Å². The molecule has 1 heterocycles. The van der Waals surface area contributed by atoms with Gasteiger partial charge in [0.15, 0.2) is 5.25 Å². The van der Waals surface area contributed by atoms with Gasteiger partial charge in [-0.2, -0.15) is 8.42 Å². The summed E-state index contributed by atoms with van der Waals surface area (Å²) in [5.74, 6) is -3.28. The van der Waals surface area contributed by atoms with Gasteiger partial charge in [-0.3, -0.25) is 14.1 Å². The van der Waals surface area contributed by atoms with Crippen molar-refractivity contribution in [2.24, 2.45) is 5.11 Å². The van der Waals surface area contributed by atoms with E-state index in [4.69, 9.17) is 14.9 Å². The highest BCUT2D eigenvalue weighted by molar-refractivity contribution is 8.77. The zero-order valence-electron chi connectivity index (χ0n) is 13.6. The van der Waals surface area contributed by atoms with Gasteiger partial charge in [-0.1, -0.05) is 38.8 Å². The number of hydroxylamine groups is 2. The molecule has 2 unspecified atom stereocenters. The summed E-state index contributed by atoms with van der Waals surface area (Å²) in [6.07, 6.45) is -0.793. The minimum atomic E-state index is -4.77. The second kappa shape index (κ2) is 8.63. The summed E-state index contributed by atoms with van der Waals surface area (Å²) >= 11 is 0. The van der Waals surface area contributed by atoms with E-state index in [1.54, 1.807) is 24.3 Å². The molecule has 1 aliphatic rings. The third-order valence-corrected chi connectivity index (χ3v) is 7.08. The topological polar surface area (TPSA) is 167 Å². The van der Waals surface area contributed by atoms with Gasteiger partial charge in [0.1, 0.15) is 5.25 Å². The van der Waals surface area contributed by atoms with Crippen LogP contribution in [0.4, 0.5) is 5.69 Å². The van der Waals surface area contributed by atoms with Crippen LogP contribution < -0.4 is 0 Å². The predicted octanol–water partition coefficient (Wildman–Crippen LogP) is 2.23. The number of hydrogen-bond acceptors (Lipinski definition) is 9. The number of rotatable bonds is 7. The van der Waals surface area contributed by atoms with E-state index in [-0.39, 0.29) is 5.06 Å². The van der Waals surface area contributed by atoms with Gasteiger partial charge in [0.2, 0.25) is 0 Å². The quantitative estimate of drug-likeness (QED) is 0.170. The van der Waals surface area contributed by atoms with E-state index in [2.05, 4.69) is 10.0 Å². The summed E-state index contributed by atoms with van der Waals surface area (Å²) in [5.41, 5.74) is 8.77. The van der Waals surface area contributed by atoms with E-state index < -0.39 is 44.8 Å². The Bertz CT molecular complexity index is 912. The van der Waals surface area contributed by atoms with Gasteiger partial charge in [0.25, 0.3) is 21.9 Å². The van der Waals surface area contributed by atoms with Gasteiger partial charge in [0, 0.05) is 15.5 Å². The van der Waals surface area contributed by atoms with Crippen molar-refractivity contribution in [1.82, 2.24) is 5.06 Å². The van der Waals surface area contributed by atoms with Crippen LogP contribution in [-0.2, 0) is 29.3 Å². The molecule has 0 bridgehead atoms. The molecule has 1 aromatic carbocycles. The lowest BCUT2D eigenvalue weighted by atomic mass is 10.3. The number of imide groups is 1. The molecule has 0 spiro atoms. The molecule has 144 valence electrons. The summed E-state index contributed by atoms with van der Waals surface area (Å²) in [5, 5.41) is 0.717. The van der Waals surface area contributed by atoms with E-state index in [1.807, 2.05) is 0 Å². The van der Waals surface area contributed by atoms with Crippen molar-refractivity contribution in [3.05, 3.63) is 34.7 Å². The molecule has 1 N–H and O–H groups in total. The zero-order chi connectivity index (χ0) is 20.2. The first-order valence-electron chi connectivity index (χ1n) is 7.17. The lowest BCUT2D eigenvalue weighted by Crippen LogP contribution is -2.38. The normalized spacial score (nSPS) is 18.1. The Balaban J connectivity index is 1.92. The summed E-state index contributed by atoms with van der Waals surface area (Å²) in [6.45, 7) is 1.47. The average Bonchev–Trinajstić information content (AvgIpc) is 2.89. The maximum atomic E-state index is 12.0. The lowest BCUT2D eigenvalue weighted by molar-refractivity contribution is -0.196. The largest absolute Gasteiger partial charge is 0.346 e. The molecule has 0 radical (unpaired) electrons. The van der Waals surface area contributed by atoms with Crippen molar-refractivity contribution in [2.75, 3.05) is 0 Å². The van der Waals surface area contributed by atoms with Crippen LogP contribution in [0.25, 0.3) is 10.4 Å². The molecule has 0 aromatic heterocycles. The first kappa shape index (κ1) is 21.1. The molecule has 1 fully saturated rings. The molecule has 14 heteroatoms. The predicted molar refractivity (Wildman–Crippen MR) is 96.1 cm³/mol. The van der Waals surface area contributed by atoms with Crippen molar-refractivity contribution in [2.45, 2.75) is 28.7 Å². The molecule has 2 amide bonds. The number of azide groups is 1. The molecule has 0 aliphatic carbocycles. The van der Waals surface area contributed by atoms with Gasteiger partial charge in [-0.25, -0.2) is 4.79 Å². The smallest absolute Gasteiger partial charge is 0.329 e. The third-order valence-electron chi connectivity index (χ3n) is 3.22. The van der Waals surface area contributed by atoms with E-state index >= 15 is 0 Å². The average molecular weight is 432 g/mol. The highest BCUT2D eigenvalue weighted by Crippen LogP contribution is 2.36. The van der Waals surface area contributed by atoms with Gasteiger partial charge in [0.05, 0.1) is 6.42 Å². The Kier molecular flexibility index (Phi) is 6.73. The molecule has 27 heavy (non-hydrogen) atoms. The molecule has 2 rings (SSSR count). The van der Waals surface area contributed by atoms with Crippen LogP contribution in [0.1, 0.15) is 13.3 Å². The van der Waals surface area contributed by atoms with Crippen LogP contribution in [0, 0.1) is 0 Å². The Hall–Kier alpha value is -2.25. The van der Waals surface area contributed by atoms with Crippen LogP contribution in [0.2, 0.25) is 0 Å². The summed E-state index contributed by atoms with van der Waals surface area (Å²) in [4.78, 5) is 43.6.